The normalized spacial score (nSPS) is 16.6. The van der Waals surface area contributed by atoms with Gasteiger partial charge in [-0.15, -0.1) is 11.8 Å². The summed E-state index contributed by atoms with van der Waals surface area (Å²) in [6, 6.07) is 3.16. The van der Waals surface area contributed by atoms with E-state index in [4.69, 9.17) is 9.84 Å². The molecule has 0 saturated heterocycles. The molecule has 92 valence electrons. The second-order valence-corrected chi connectivity index (χ2v) is 4.87. The van der Waals surface area contributed by atoms with Crippen LogP contribution in [0.3, 0.4) is 0 Å². The molecular formula is C12H13FO3S. The third kappa shape index (κ3) is 1.78. The summed E-state index contributed by atoms with van der Waals surface area (Å²) in [5.41, 5.74) is -0.740. The molecule has 1 aromatic rings. The van der Waals surface area contributed by atoms with Crippen molar-refractivity contribution in [1.29, 1.82) is 0 Å². The highest BCUT2D eigenvalue weighted by Gasteiger charge is 2.53. The van der Waals surface area contributed by atoms with E-state index in [1.54, 1.807) is 12.3 Å². The molecule has 0 unspecified atom stereocenters. The van der Waals surface area contributed by atoms with Crippen LogP contribution < -0.4 is 4.74 Å². The van der Waals surface area contributed by atoms with Crippen molar-refractivity contribution < 1.29 is 19.0 Å². The van der Waals surface area contributed by atoms with Gasteiger partial charge in [0, 0.05) is 5.56 Å². The molecule has 0 aromatic heterocycles. The van der Waals surface area contributed by atoms with Gasteiger partial charge in [-0.1, -0.05) is 6.07 Å². The average molecular weight is 256 g/mol. The number of methoxy groups -OCH3 is 1. The van der Waals surface area contributed by atoms with Gasteiger partial charge in [0.05, 0.1) is 17.4 Å². The molecule has 0 radical (unpaired) electrons. The topological polar surface area (TPSA) is 46.5 Å². The summed E-state index contributed by atoms with van der Waals surface area (Å²) in [5.74, 6) is -0.967. The molecule has 1 aliphatic rings. The van der Waals surface area contributed by atoms with Gasteiger partial charge >= 0.3 is 5.97 Å². The van der Waals surface area contributed by atoms with E-state index in [0.29, 0.717) is 23.5 Å². The lowest BCUT2D eigenvalue weighted by Crippen LogP contribution is -2.21. The molecule has 0 atom stereocenters. The standard InChI is InChI=1S/C12H13FO3S/c1-16-8-4-3-7(9(13)10(8)17-2)12(5-6-12)11(14)15/h3-4H,5-6H2,1-2H3,(H,14,15). The highest BCUT2D eigenvalue weighted by molar-refractivity contribution is 7.98. The van der Waals surface area contributed by atoms with Gasteiger partial charge in [-0.05, 0) is 25.2 Å². The Balaban J connectivity index is 2.54. The van der Waals surface area contributed by atoms with Crippen LogP contribution in [0.4, 0.5) is 4.39 Å². The summed E-state index contributed by atoms with van der Waals surface area (Å²) in [4.78, 5) is 11.6. The fraction of sp³-hybridized carbons (Fsp3) is 0.417. The van der Waals surface area contributed by atoms with E-state index in [1.165, 1.54) is 24.9 Å². The minimum absolute atomic E-state index is 0.273. The molecule has 1 fully saturated rings. The molecule has 1 saturated carbocycles. The number of rotatable bonds is 4. The lowest BCUT2D eigenvalue weighted by atomic mass is 9.95. The van der Waals surface area contributed by atoms with Gasteiger partial charge in [-0.2, -0.15) is 0 Å². The molecule has 1 aliphatic carbocycles. The maximum absolute atomic E-state index is 14.3. The average Bonchev–Trinajstić information content (AvgIpc) is 3.09. The minimum atomic E-state index is -1.01. The van der Waals surface area contributed by atoms with Crippen molar-refractivity contribution >= 4 is 17.7 Å². The SMILES string of the molecule is COc1ccc(C2(C(=O)O)CC2)c(F)c1SC. The number of aliphatic carboxylic acids is 1. The number of hydrogen-bond acceptors (Lipinski definition) is 3. The Hall–Kier alpha value is -1.23. The van der Waals surface area contributed by atoms with Crippen molar-refractivity contribution in [2.45, 2.75) is 23.2 Å². The fourth-order valence-corrected chi connectivity index (χ4v) is 2.62. The van der Waals surface area contributed by atoms with Crippen LogP contribution >= 0.6 is 11.8 Å². The highest BCUT2D eigenvalue weighted by Crippen LogP contribution is 2.51. The van der Waals surface area contributed by atoms with Crippen LogP contribution in [0.1, 0.15) is 18.4 Å². The van der Waals surface area contributed by atoms with Crippen LogP contribution in [0.5, 0.6) is 5.75 Å². The molecule has 0 aliphatic heterocycles. The van der Waals surface area contributed by atoms with E-state index in [1.807, 2.05) is 0 Å². The Labute approximate surface area is 103 Å². The third-order valence-corrected chi connectivity index (χ3v) is 3.95. The predicted octanol–water partition coefficient (Wildman–Crippen LogP) is 2.67. The Morgan fingerprint density at radius 2 is 2.18 bits per heavy atom. The molecule has 5 heteroatoms. The number of thioether (sulfide) groups is 1. The molecule has 1 N–H and O–H groups in total. The van der Waals surface area contributed by atoms with E-state index in [-0.39, 0.29) is 5.56 Å². The first-order valence-electron chi connectivity index (χ1n) is 5.21. The Bertz CT molecular complexity index is 469. The highest BCUT2D eigenvalue weighted by atomic mass is 32.2. The second-order valence-electron chi connectivity index (χ2n) is 4.05. The number of halogens is 1. The molecule has 0 heterocycles. The van der Waals surface area contributed by atoms with Gasteiger partial charge in [-0.25, -0.2) is 4.39 Å². The first-order chi connectivity index (χ1) is 8.06. The summed E-state index contributed by atoms with van der Waals surface area (Å²) in [6.07, 6.45) is 2.74. The number of carbonyl (C=O) groups is 1. The monoisotopic (exact) mass is 256 g/mol. The van der Waals surface area contributed by atoms with Crippen LogP contribution in [-0.2, 0) is 10.2 Å². The quantitative estimate of drug-likeness (QED) is 0.841. The Kier molecular flexibility index (Phi) is 3.03. The maximum Gasteiger partial charge on any atom is 0.314 e. The van der Waals surface area contributed by atoms with Gasteiger partial charge in [0.2, 0.25) is 0 Å². The zero-order valence-corrected chi connectivity index (χ0v) is 10.4. The summed E-state index contributed by atoms with van der Waals surface area (Å²) in [6.45, 7) is 0. The predicted molar refractivity (Wildman–Crippen MR) is 63.3 cm³/mol. The van der Waals surface area contributed by atoms with Crippen molar-refractivity contribution in [3.63, 3.8) is 0 Å². The summed E-state index contributed by atoms with van der Waals surface area (Å²) < 4.78 is 19.3. The zero-order valence-electron chi connectivity index (χ0n) is 9.62. The van der Waals surface area contributed by atoms with Crippen LogP contribution in [0, 0.1) is 5.82 Å². The second kappa shape index (κ2) is 4.22. The van der Waals surface area contributed by atoms with Crippen LogP contribution in [0.15, 0.2) is 17.0 Å². The molecule has 0 spiro atoms. The van der Waals surface area contributed by atoms with Crippen LogP contribution in [0.2, 0.25) is 0 Å². The summed E-state index contributed by atoms with van der Waals surface area (Å²) >= 11 is 1.22. The number of benzene rings is 1. The number of carboxylic acids is 1. The molecule has 0 amide bonds. The van der Waals surface area contributed by atoms with Crippen LogP contribution in [0.25, 0.3) is 0 Å². The first-order valence-corrected chi connectivity index (χ1v) is 6.43. The van der Waals surface area contributed by atoms with E-state index in [2.05, 4.69) is 0 Å². The van der Waals surface area contributed by atoms with Gasteiger partial charge in [0.15, 0.2) is 0 Å². The summed E-state index contributed by atoms with van der Waals surface area (Å²) in [7, 11) is 1.47. The molecule has 3 nitrogen and oxygen atoms in total. The lowest BCUT2D eigenvalue weighted by molar-refractivity contribution is -0.140. The molecule has 2 rings (SSSR count). The smallest absolute Gasteiger partial charge is 0.314 e. The number of ether oxygens (including phenoxy) is 1. The maximum atomic E-state index is 14.3. The van der Waals surface area contributed by atoms with Crippen molar-refractivity contribution in [2.75, 3.05) is 13.4 Å². The van der Waals surface area contributed by atoms with Crippen molar-refractivity contribution in [1.82, 2.24) is 0 Å². The fourth-order valence-electron chi connectivity index (χ4n) is 1.98. The lowest BCUT2D eigenvalue weighted by Gasteiger charge is -2.15. The molecule has 0 bridgehead atoms. The Morgan fingerprint density at radius 1 is 1.53 bits per heavy atom. The van der Waals surface area contributed by atoms with Gasteiger partial charge < -0.3 is 9.84 Å². The molecular weight excluding hydrogens is 243 g/mol. The van der Waals surface area contributed by atoms with Gasteiger partial charge in [0.25, 0.3) is 0 Å². The van der Waals surface area contributed by atoms with E-state index in [9.17, 15) is 9.18 Å². The summed E-state index contributed by atoms with van der Waals surface area (Å²) in [5, 5.41) is 9.17. The molecule has 17 heavy (non-hydrogen) atoms. The van der Waals surface area contributed by atoms with Crippen LogP contribution in [-0.4, -0.2) is 24.4 Å². The number of hydrogen-bond donors (Lipinski definition) is 1. The minimum Gasteiger partial charge on any atom is -0.495 e. The first kappa shape index (κ1) is 12.2. The van der Waals surface area contributed by atoms with E-state index >= 15 is 0 Å². The molecule has 1 aromatic carbocycles. The van der Waals surface area contributed by atoms with Crippen molar-refractivity contribution in [2.24, 2.45) is 0 Å². The number of carboxylic acid groups (broad SMARTS) is 1. The van der Waals surface area contributed by atoms with Gasteiger partial charge in [0.1, 0.15) is 11.6 Å². The Morgan fingerprint density at radius 3 is 2.59 bits per heavy atom. The van der Waals surface area contributed by atoms with Crippen molar-refractivity contribution in [3.8, 4) is 5.75 Å². The van der Waals surface area contributed by atoms with Gasteiger partial charge in [-0.3, -0.25) is 4.79 Å². The third-order valence-electron chi connectivity index (χ3n) is 3.16. The van der Waals surface area contributed by atoms with E-state index in [0.717, 1.165) is 0 Å². The zero-order chi connectivity index (χ0) is 12.6. The van der Waals surface area contributed by atoms with Crippen molar-refractivity contribution in [3.05, 3.63) is 23.5 Å². The largest absolute Gasteiger partial charge is 0.495 e. The van der Waals surface area contributed by atoms with E-state index < -0.39 is 17.2 Å².